The van der Waals surface area contributed by atoms with Gasteiger partial charge in [-0.25, -0.2) is 9.37 Å². The molecule has 2 radical (unpaired) electrons. The Bertz CT molecular complexity index is 657. The number of nitrogens with zero attached hydrogens (tertiary/aromatic N) is 3. The Balaban J connectivity index is 0.00000156. The van der Waals surface area contributed by atoms with Gasteiger partial charge in [0.1, 0.15) is 5.82 Å². The molecule has 0 spiro atoms. The Morgan fingerprint density at radius 3 is 2.96 bits per heavy atom. The largest absolute Gasteiger partial charge is 0.346 e. The van der Waals surface area contributed by atoms with E-state index in [1.54, 1.807) is 23.5 Å². The van der Waals surface area contributed by atoms with Crippen LogP contribution >= 0.6 is 11.3 Å². The summed E-state index contributed by atoms with van der Waals surface area (Å²) < 4.78 is 13.4. The second kappa shape index (κ2) is 6.97. The Hall–Kier alpha value is -1.46. The van der Waals surface area contributed by atoms with E-state index in [-0.39, 0.29) is 13.2 Å². The van der Waals surface area contributed by atoms with E-state index < -0.39 is 0 Å². The molecule has 1 aromatic heterocycles. The number of anilines is 1. The van der Waals surface area contributed by atoms with E-state index in [4.69, 9.17) is 0 Å². The van der Waals surface area contributed by atoms with Gasteiger partial charge in [-0.1, -0.05) is 30.9 Å². The van der Waals surface area contributed by atoms with Gasteiger partial charge in [-0.15, -0.1) is 0 Å². The lowest BCUT2D eigenvalue weighted by molar-refractivity contribution is 0.201. The summed E-state index contributed by atoms with van der Waals surface area (Å²) in [5.74, 6) is 0.571. The first kappa shape index (κ1) is 16.4. The van der Waals surface area contributed by atoms with E-state index >= 15 is 0 Å². The molecule has 0 amide bonds. The van der Waals surface area contributed by atoms with Crippen molar-refractivity contribution in [3.8, 4) is 10.4 Å². The lowest BCUT2D eigenvalue weighted by Gasteiger charge is -2.29. The molecule has 2 saturated heterocycles. The number of benzene rings is 1. The molecule has 2 bridgehead atoms. The van der Waals surface area contributed by atoms with Gasteiger partial charge in [0.2, 0.25) is 0 Å². The van der Waals surface area contributed by atoms with Crippen LogP contribution in [0.25, 0.3) is 10.4 Å². The van der Waals surface area contributed by atoms with E-state index in [1.807, 2.05) is 12.3 Å². The molecular weight excluding hydrogens is 309 g/mol. The van der Waals surface area contributed by atoms with Crippen LogP contribution in [-0.4, -0.2) is 42.6 Å². The van der Waals surface area contributed by atoms with Crippen molar-refractivity contribution in [2.24, 2.45) is 5.92 Å². The number of piperidine rings is 1. The third-order valence-electron chi connectivity index (χ3n) is 4.64. The van der Waals surface area contributed by atoms with E-state index in [9.17, 15) is 4.39 Å². The Morgan fingerprint density at radius 2 is 2.09 bits per heavy atom. The number of hydrogen-bond acceptors (Lipinski definition) is 4. The van der Waals surface area contributed by atoms with Crippen molar-refractivity contribution in [1.82, 2.24) is 9.88 Å². The van der Waals surface area contributed by atoms with Crippen LogP contribution in [0.2, 0.25) is 0 Å². The first-order valence-corrected chi connectivity index (χ1v) is 8.79. The van der Waals surface area contributed by atoms with Gasteiger partial charge in [0, 0.05) is 32.4 Å². The van der Waals surface area contributed by atoms with Gasteiger partial charge in [0.05, 0.1) is 4.88 Å². The predicted octanol–water partition coefficient (Wildman–Crippen LogP) is 3.81. The molecule has 2 atom stereocenters. The predicted molar refractivity (Wildman–Crippen MR) is 94.2 cm³/mol. The molecule has 2 aromatic rings. The Labute approximate surface area is 141 Å². The minimum absolute atomic E-state index is 0. The molecule has 2 fully saturated rings. The summed E-state index contributed by atoms with van der Waals surface area (Å²) in [6, 6.07) is 6.77. The van der Waals surface area contributed by atoms with Crippen molar-refractivity contribution in [3.63, 3.8) is 0 Å². The zero-order valence-corrected chi connectivity index (χ0v) is 14.1. The summed E-state index contributed by atoms with van der Waals surface area (Å²) in [5.41, 5.74) is 0.918. The summed E-state index contributed by atoms with van der Waals surface area (Å²) in [4.78, 5) is 10.6. The third kappa shape index (κ3) is 3.56. The highest BCUT2D eigenvalue weighted by Crippen LogP contribution is 2.33. The molecule has 3 nitrogen and oxygen atoms in total. The second-order valence-electron chi connectivity index (χ2n) is 6.27. The summed E-state index contributed by atoms with van der Waals surface area (Å²) in [5, 5.41) is 1.08. The first-order chi connectivity index (χ1) is 10.8. The summed E-state index contributed by atoms with van der Waals surface area (Å²) in [7, 11) is 0. The van der Waals surface area contributed by atoms with Crippen molar-refractivity contribution >= 4 is 16.5 Å². The molecular formula is C18H22FN3S. The highest BCUT2D eigenvalue weighted by molar-refractivity contribution is 7.18. The molecule has 3 heterocycles. The number of hydrogen-bond donors (Lipinski definition) is 0. The number of rotatable bonds is 2. The van der Waals surface area contributed by atoms with Crippen molar-refractivity contribution in [2.75, 3.05) is 37.6 Å². The van der Waals surface area contributed by atoms with Gasteiger partial charge < -0.3 is 9.80 Å². The zero-order valence-electron chi connectivity index (χ0n) is 13.2. The maximum absolute atomic E-state index is 13.4. The lowest BCUT2D eigenvalue weighted by Crippen LogP contribution is -2.35. The molecule has 0 saturated carbocycles. The Morgan fingerprint density at radius 1 is 1.17 bits per heavy atom. The van der Waals surface area contributed by atoms with Gasteiger partial charge >= 0.3 is 0 Å². The quantitative estimate of drug-likeness (QED) is 0.834. The molecule has 23 heavy (non-hydrogen) atoms. The number of fused-ring (bicyclic) bond motifs is 2. The minimum atomic E-state index is -0.191. The standard InChI is InChI=1S/C17H20FN3S.CH2/c18-15-5-1-4-14(9-15)16-10-19-17(22-16)21-8-7-20-6-2-3-13(11-20)12-21;/h1,4-5,9-10,13H,2-3,6-8,11-12H2;1H2. The number of aromatic nitrogens is 1. The summed E-state index contributed by atoms with van der Waals surface area (Å²) in [6.45, 7) is 5.76. The third-order valence-corrected chi connectivity index (χ3v) is 5.75. The van der Waals surface area contributed by atoms with Crippen molar-refractivity contribution < 1.29 is 4.39 Å². The minimum Gasteiger partial charge on any atom is -0.346 e. The molecule has 2 unspecified atom stereocenters. The number of thiazole rings is 1. The normalized spacial score (nSPS) is 24.0. The average molecular weight is 331 g/mol. The molecule has 5 heteroatoms. The molecule has 1 aromatic carbocycles. The smallest absolute Gasteiger partial charge is 0.185 e. The van der Waals surface area contributed by atoms with Crippen molar-refractivity contribution in [3.05, 3.63) is 43.7 Å². The average Bonchev–Trinajstić information content (AvgIpc) is 2.96. The SMILES string of the molecule is Fc1cccc(-c2cnc(N3CCN4CCCC(C4)C3)s2)c1.[CH2]. The van der Waals surface area contributed by atoms with Gasteiger partial charge in [0.15, 0.2) is 5.13 Å². The summed E-state index contributed by atoms with van der Waals surface area (Å²) >= 11 is 1.67. The molecule has 0 aliphatic carbocycles. The van der Waals surface area contributed by atoms with Gasteiger partial charge in [0.25, 0.3) is 0 Å². The van der Waals surface area contributed by atoms with Crippen molar-refractivity contribution in [1.29, 1.82) is 0 Å². The van der Waals surface area contributed by atoms with Gasteiger partial charge in [-0.05, 0) is 43.0 Å². The van der Waals surface area contributed by atoms with Crippen LogP contribution in [0, 0.1) is 19.2 Å². The molecule has 122 valence electrons. The van der Waals surface area contributed by atoms with E-state index in [0.717, 1.165) is 41.1 Å². The zero-order chi connectivity index (χ0) is 14.9. The van der Waals surface area contributed by atoms with Crippen LogP contribution in [-0.2, 0) is 0 Å². The van der Waals surface area contributed by atoms with Crippen molar-refractivity contribution in [2.45, 2.75) is 12.8 Å². The molecule has 4 rings (SSSR count). The fourth-order valence-electron chi connectivity index (χ4n) is 3.53. The van der Waals surface area contributed by atoms with Gasteiger partial charge in [-0.2, -0.15) is 0 Å². The van der Waals surface area contributed by atoms with Crippen LogP contribution in [0.3, 0.4) is 0 Å². The highest BCUT2D eigenvalue weighted by atomic mass is 32.1. The van der Waals surface area contributed by atoms with Crippen LogP contribution in [0.5, 0.6) is 0 Å². The highest BCUT2D eigenvalue weighted by Gasteiger charge is 2.27. The van der Waals surface area contributed by atoms with Crippen LogP contribution < -0.4 is 4.90 Å². The summed E-state index contributed by atoms with van der Waals surface area (Å²) in [6.07, 6.45) is 4.53. The topological polar surface area (TPSA) is 19.4 Å². The fraction of sp³-hybridized carbons (Fsp3) is 0.444. The van der Waals surface area contributed by atoms with Crippen LogP contribution in [0.15, 0.2) is 30.5 Å². The van der Waals surface area contributed by atoms with E-state index in [2.05, 4.69) is 14.8 Å². The lowest BCUT2D eigenvalue weighted by atomic mass is 9.99. The monoisotopic (exact) mass is 331 g/mol. The molecule has 2 aliphatic rings. The maximum atomic E-state index is 13.4. The van der Waals surface area contributed by atoms with Crippen LogP contribution in [0.1, 0.15) is 12.8 Å². The Kier molecular flexibility index (Phi) is 4.97. The van der Waals surface area contributed by atoms with E-state index in [1.165, 1.54) is 32.0 Å². The van der Waals surface area contributed by atoms with Crippen LogP contribution in [0.4, 0.5) is 9.52 Å². The van der Waals surface area contributed by atoms with Gasteiger partial charge in [-0.3, -0.25) is 0 Å². The first-order valence-electron chi connectivity index (χ1n) is 7.97. The maximum Gasteiger partial charge on any atom is 0.185 e. The van der Waals surface area contributed by atoms with E-state index in [0.29, 0.717) is 0 Å². The fourth-order valence-corrected chi connectivity index (χ4v) is 4.48. The molecule has 0 N–H and O–H groups in total. The number of halogens is 1. The molecule has 2 aliphatic heterocycles. The second-order valence-corrected chi connectivity index (χ2v) is 7.28.